The number of aryl methyl sites for hydroxylation is 1. The Hall–Kier alpha value is -3.15. The van der Waals surface area contributed by atoms with Crippen molar-refractivity contribution < 1.29 is 9.53 Å². The fourth-order valence-corrected chi connectivity index (χ4v) is 3.74. The van der Waals surface area contributed by atoms with Crippen LogP contribution in [0, 0.1) is 12.8 Å². The van der Waals surface area contributed by atoms with Crippen LogP contribution >= 0.6 is 0 Å². The molecule has 1 heterocycles. The number of carbonyl (C=O) groups is 1. The summed E-state index contributed by atoms with van der Waals surface area (Å²) in [6.07, 6.45) is 4.25. The molecule has 3 aromatic rings. The average molecular weight is 405 g/mol. The van der Waals surface area contributed by atoms with Crippen molar-refractivity contribution in [3.8, 4) is 23.1 Å². The Bertz CT molecular complexity index is 1000. The van der Waals surface area contributed by atoms with Gasteiger partial charge in [-0.1, -0.05) is 42.7 Å². The molecule has 1 aliphatic carbocycles. The number of nitrogens with zero attached hydrogens (tertiary/aromatic N) is 3. The first-order valence-electron chi connectivity index (χ1n) is 10.6. The SMILES string of the molecule is Cc1ccc(-c2nc(OC(C)C)nn2-c2ccc(NC(=O)C3CCCC3)cc2)cc1. The van der Waals surface area contributed by atoms with E-state index < -0.39 is 0 Å². The lowest BCUT2D eigenvalue weighted by molar-refractivity contribution is -0.119. The maximum atomic E-state index is 12.4. The van der Waals surface area contributed by atoms with Gasteiger partial charge in [0.15, 0.2) is 5.82 Å². The summed E-state index contributed by atoms with van der Waals surface area (Å²) in [7, 11) is 0. The molecular weight excluding hydrogens is 376 g/mol. The number of rotatable bonds is 6. The molecule has 156 valence electrons. The minimum atomic E-state index is -0.0140. The van der Waals surface area contributed by atoms with E-state index in [1.165, 1.54) is 5.56 Å². The molecule has 1 N–H and O–H groups in total. The Kier molecular flexibility index (Phi) is 5.84. The highest BCUT2D eigenvalue weighted by atomic mass is 16.5. The predicted molar refractivity (Wildman–Crippen MR) is 118 cm³/mol. The van der Waals surface area contributed by atoms with Crippen molar-refractivity contribution in [3.05, 3.63) is 54.1 Å². The molecule has 0 saturated heterocycles. The molecule has 1 aromatic heterocycles. The second-order valence-electron chi connectivity index (χ2n) is 8.18. The van der Waals surface area contributed by atoms with Gasteiger partial charge in [-0.15, -0.1) is 5.10 Å². The first kappa shape index (κ1) is 20.1. The highest BCUT2D eigenvalue weighted by Crippen LogP contribution is 2.27. The number of benzene rings is 2. The van der Waals surface area contributed by atoms with Crippen LogP contribution in [0.2, 0.25) is 0 Å². The van der Waals surface area contributed by atoms with Crippen molar-refractivity contribution in [2.45, 2.75) is 52.6 Å². The van der Waals surface area contributed by atoms with Crippen molar-refractivity contribution >= 4 is 11.6 Å². The average Bonchev–Trinajstić information content (AvgIpc) is 3.39. The lowest BCUT2D eigenvalue weighted by atomic mass is 10.1. The summed E-state index contributed by atoms with van der Waals surface area (Å²) in [6, 6.07) is 16.2. The summed E-state index contributed by atoms with van der Waals surface area (Å²) < 4.78 is 7.52. The fourth-order valence-electron chi connectivity index (χ4n) is 3.74. The van der Waals surface area contributed by atoms with Gasteiger partial charge < -0.3 is 10.1 Å². The topological polar surface area (TPSA) is 69.0 Å². The van der Waals surface area contributed by atoms with Gasteiger partial charge in [0.25, 0.3) is 0 Å². The van der Waals surface area contributed by atoms with Gasteiger partial charge in [-0.3, -0.25) is 4.79 Å². The fraction of sp³-hybridized carbons (Fsp3) is 0.375. The van der Waals surface area contributed by atoms with Gasteiger partial charge in [0.05, 0.1) is 11.8 Å². The third kappa shape index (κ3) is 4.53. The summed E-state index contributed by atoms with van der Waals surface area (Å²) in [5, 5.41) is 7.61. The first-order chi connectivity index (χ1) is 14.5. The van der Waals surface area contributed by atoms with E-state index in [1.807, 2.05) is 50.2 Å². The highest BCUT2D eigenvalue weighted by molar-refractivity contribution is 5.92. The number of carbonyl (C=O) groups excluding carboxylic acids is 1. The number of ether oxygens (including phenoxy) is 1. The highest BCUT2D eigenvalue weighted by Gasteiger charge is 2.22. The zero-order chi connectivity index (χ0) is 21.1. The van der Waals surface area contributed by atoms with Crippen LogP contribution in [0.5, 0.6) is 6.01 Å². The molecule has 0 bridgehead atoms. The van der Waals surface area contributed by atoms with E-state index in [1.54, 1.807) is 4.68 Å². The van der Waals surface area contributed by atoms with Crippen molar-refractivity contribution in [2.24, 2.45) is 5.92 Å². The molecule has 6 heteroatoms. The molecule has 30 heavy (non-hydrogen) atoms. The van der Waals surface area contributed by atoms with Crippen LogP contribution in [-0.2, 0) is 4.79 Å². The van der Waals surface area contributed by atoms with Crippen LogP contribution in [0.4, 0.5) is 5.69 Å². The number of anilines is 1. The van der Waals surface area contributed by atoms with Gasteiger partial charge in [0.1, 0.15) is 0 Å². The van der Waals surface area contributed by atoms with E-state index >= 15 is 0 Å². The van der Waals surface area contributed by atoms with E-state index in [2.05, 4.69) is 34.5 Å². The largest absolute Gasteiger partial charge is 0.460 e. The molecule has 6 nitrogen and oxygen atoms in total. The Morgan fingerprint density at radius 3 is 2.37 bits per heavy atom. The summed E-state index contributed by atoms with van der Waals surface area (Å²) >= 11 is 0. The number of nitrogens with one attached hydrogen (secondary N) is 1. The molecular formula is C24H28N4O2. The van der Waals surface area contributed by atoms with Gasteiger partial charge in [-0.2, -0.15) is 4.98 Å². The van der Waals surface area contributed by atoms with Gasteiger partial charge in [0.2, 0.25) is 5.91 Å². The molecule has 0 unspecified atom stereocenters. The molecule has 4 rings (SSSR count). The van der Waals surface area contributed by atoms with Gasteiger partial charge in [-0.25, -0.2) is 4.68 Å². The smallest absolute Gasteiger partial charge is 0.336 e. The van der Waals surface area contributed by atoms with E-state index in [4.69, 9.17) is 4.74 Å². The third-order valence-electron chi connectivity index (χ3n) is 5.34. The van der Waals surface area contributed by atoms with Crippen LogP contribution in [0.15, 0.2) is 48.5 Å². The molecule has 1 saturated carbocycles. The van der Waals surface area contributed by atoms with E-state index in [0.29, 0.717) is 11.8 Å². The molecule has 0 radical (unpaired) electrons. The van der Waals surface area contributed by atoms with Gasteiger partial charge in [0, 0.05) is 17.2 Å². The monoisotopic (exact) mass is 404 g/mol. The lowest BCUT2D eigenvalue weighted by Crippen LogP contribution is -2.20. The van der Waals surface area contributed by atoms with Crippen LogP contribution in [0.1, 0.15) is 45.1 Å². The number of aromatic nitrogens is 3. The van der Waals surface area contributed by atoms with E-state index in [9.17, 15) is 4.79 Å². The number of amides is 1. The van der Waals surface area contributed by atoms with Crippen LogP contribution in [0.3, 0.4) is 0 Å². The van der Waals surface area contributed by atoms with E-state index in [-0.39, 0.29) is 17.9 Å². The van der Waals surface area contributed by atoms with Crippen LogP contribution in [0.25, 0.3) is 17.1 Å². The van der Waals surface area contributed by atoms with Crippen LogP contribution in [-0.4, -0.2) is 26.8 Å². The number of hydrogen-bond acceptors (Lipinski definition) is 4. The first-order valence-corrected chi connectivity index (χ1v) is 10.6. The summed E-state index contributed by atoms with van der Waals surface area (Å²) in [4.78, 5) is 17.0. The Balaban J connectivity index is 1.61. The normalized spacial score (nSPS) is 14.3. The van der Waals surface area contributed by atoms with Gasteiger partial charge >= 0.3 is 6.01 Å². The number of hydrogen-bond donors (Lipinski definition) is 1. The van der Waals surface area contributed by atoms with Crippen LogP contribution < -0.4 is 10.1 Å². The van der Waals surface area contributed by atoms with Crippen molar-refractivity contribution in [2.75, 3.05) is 5.32 Å². The Morgan fingerprint density at radius 1 is 1.07 bits per heavy atom. The molecule has 0 spiro atoms. The van der Waals surface area contributed by atoms with Crippen molar-refractivity contribution in [1.29, 1.82) is 0 Å². The Labute approximate surface area is 177 Å². The maximum absolute atomic E-state index is 12.4. The Morgan fingerprint density at radius 2 is 1.73 bits per heavy atom. The second-order valence-corrected chi connectivity index (χ2v) is 8.18. The zero-order valence-electron chi connectivity index (χ0n) is 17.8. The predicted octanol–water partition coefficient (Wildman–Crippen LogP) is 5.16. The van der Waals surface area contributed by atoms with Gasteiger partial charge in [-0.05, 0) is 57.9 Å². The lowest BCUT2D eigenvalue weighted by Gasteiger charge is -2.11. The quantitative estimate of drug-likeness (QED) is 0.616. The molecule has 2 aromatic carbocycles. The maximum Gasteiger partial charge on any atom is 0.336 e. The molecule has 0 aliphatic heterocycles. The van der Waals surface area contributed by atoms with E-state index in [0.717, 1.165) is 42.6 Å². The summed E-state index contributed by atoms with van der Waals surface area (Å²) in [5.74, 6) is 0.978. The van der Waals surface area contributed by atoms with Crippen molar-refractivity contribution in [3.63, 3.8) is 0 Å². The third-order valence-corrected chi connectivity index (χ3v) is 5.34. The molecule has 0 atom stereocenters. The standard InChI is InChI=1S/C24H28N4O2/c1-16(2)30-24-26-22(18-10-8-17(3)9-11-18)28(27-24)21-14-12-20(13-15-21)25-23(29)19-6-4-5-7-19/h8-16,19H,4-7H2,1-3H3,(H,25,29). The molecule has 1 amide bonds. The molecule has 1 aliphatic rings. The summed E-state index contributed by atoms with van der Waals surface area (Å²) in [5.41, 5.74) is 3.80. The summed E-state index contributed by atoms with van der Waals surface area (Å²) in [6.45, 7) is 5.96. The zero-order valence-corrected chi connectivity index (χ0v) is 17.8. The second kappa shape index (κ2) is 8.69. The molecule has 1 fully saturated rings. The van der Waals surface area contributed by atoms with Crippen molar-refractivity contribution in [1.82, 2.24) is 14.8 Å². The minimum Gasteiger partial charge on any atom is -0.460 e. The minimum absolute atomic E-state index is 0.0140.